The minimum absolute atomic E-state index is 0.0648. The van der Waals surface area contributed by atoms with E-state index in [1.165, 1.54) is 25.3 Å². The van der Waals surface area contributed by atoms with Gasteiger partial charge >= 0.3 is 0 Å². The van der Waals surface area contributed by atoms with Crippen LogP contribution in [-0.2, 0) is 16.4 Å². The number of benzene rings is 3. The lowest BCUT2D eigenvalue weighted by molar-refractivity contribution is 0.0855. The molecule has 0 aromatic heterocycles. The lowest BCUT2D eigenvalue weighted by Crippen LogP contribution is -2.34. The number of anilines is 1. The van der Waals surface area contributed by atoms with Crippen LogP contribution in [0.3, 0.4) is 0 Å². The quantitative estimate of drug-likeness (QED) is 0.549. The van der Waals surface area contributed by atoms with Gasteiger partial charge in [-0.2, -0.15) is 0 Å². The average molecular weight is 439 g/mol. The number of hydrogen-bond acceptors (Lipinski definition) is 5. The monoisotopic (exact) mass is 438 g/mol. The molecule has 31 heavy (non-hydrogen) atoms. The van der Waals surface area contributed by atoms with Crippen LogP contribution in [0.4, 0.5) is 5.69 Å². The highest BCUT2D eigenvalue weighted by molar-refractivity contribution is 7.92. The van der Waals surface area contributed by atoms with Gasteiger partial charge in [-0.15, -0.1) is 0 Å². The first-order valence-corrected chi connectivity index (χ1v) is 11.2. The average Bonchev–Trinajstić information content (AvgIpc) is 3.08. The van der Waals surface area contributed by atoms with E-state index >= 15 is 0 Å². The summed E-state index contributed by atoms with van der Waals surface area (Å²) < 4.78 is 33.4. The van der Waals surface area contributed by atoms with E-state index in [1.54, 1.807) is 30.3 Å². The predicted octanol–water partition coefficient (Wildman–Crippen LogP) is 2.88. The van der Waals surface area contributed by atoms with Crippen molar-refractivity contribution in [1.82, 2.24) is 5.32 Å². The molecule has 0 fully saturated rings. The summed E-state index contributed by atoms with van der Waals surface area (Å²) in [6.45, 7) is 0. The van der Waals surface area contributed by atoms with E-state index in [1.807, 2.05) is 24.3 Å². The predicted molar refractivity (Wildman–Crippen MR) is 117 cm³/mol. The van der Waals surface area contributed by atoms with Crippen LogP contribution in [0.25, 0.3) is 0 Å². The molecule has 8 heteroatoms. The zero-order valence-corrected chi connectivity index (χ0v) is 17.6. The second-order valence-corrected chi connectivity index (χ2v) is 8.94. The summed E-state index contributed by atoms with van der Waals surface area (Å²) in [4.78, 5) is 13.0. The molecule has 0 spiro atoms. The third kappa shape index (κ3) is 4.26. The molecule has 0 heterocycles. The van der Waals surface area contributed by atoms with Gasteiger partial charge in [-0.25, -0.2) is 8.42 Å². The molecule has 1 amide bonds. The molecule has 3 aromatic carbocycles. The standard InChI is InChI=1S/C23H22N2O5S/c1-30-21-12-11-17(31(28,29)25-16-8-3-2-4-9-16)14-19(21)23(27)24-22-18-10-6-5-7-15(18)13-20(22)26/h2-12,14,20,22,25-26H,13H2,1H3,(H,24,27). The highest BCUT2D eigenvalue weighted by atomic mass is 32.2. The Labute approximate surface area is 180 Å². The van der Waals surface area contributed by atoms with Crippen LogP contribution in [0.1, 0.15) is 27.5 Å². The van der Waals surface area contributed by atoms with Gasteiger partial charge in [-0.05, 0) is 41.5 Å². The number of aliphatic hydroxyl groups excluding tert-OH is 1. The zero-order valence-electron chi connectivity index (χ0n) is 16.8. The van der Waals surface area contributed by atoms with Crippen molar-refractivity contribution in [3.8, 4) is 5.75 Å². The number of amides is 1. The third-order valence-corrected chi connectivity index (χ3v) is 6.62. The Balaban J connectivity index is 1.63. The second kappa shape index (κ2) is 8.41. The smallest absolute Gasteiger partial charge is 0.261 e. The number of carbonyl (C=O) groups is 1. The number of sulfonamides is 1. The van der Waals surface area contributed by atoms with Gasteiger partial charge in [0.1, 0.15) is 5.75 Å². The van der Waals surface area contributed by atoms with Crippen molar-refractivity contribution >= 4 is 21.6 Å². The molecule has 2 unspecified atom stereocenters. The fourth-order valence-electron chi connectivity index (χ4n) is 3.72. The third-order valence-electron chi connectivity index (χ3n) is 5.24. The summed E-state index contributed by atoms with van der Waals surface area (Å²) >= 11 is 0. The van der Waals surface area contributed by atoms with Crippen LogP contribution >= 0.6 is 0 Å². The largest absolute Gasteiger partial charge is 0.496 e. The minimum atomic E-state index is -3.92. The number of para-hydroxylation sites is 1. The van der Waals surface area contributed by atoms with Gasteiger partial charge in [-0.1, -0.05) is 42.5 Å². The van der Waals surface area contributed by atoms with Gasteiger partial charge in [-0.3, -0.25) is 9.52 Å². The van der Waals surface area contributed by atoms with E-state index in [0.29, 0.717) is 12.1 Å². The van der Waals surface area contributed by atoms with Crippen molar-refractivity contribution in [2.45, 2.75) is 23.5 Å². The molecule has 1 aliphatic carbocycles. The SMILES string of the molecule is COc1ccc(S(=O)(=O)Nc2ccccc2)cc1C(=O)NC1c2ccccc2CC1O. The molecule has 0 saturated carbocycles. The molecule has 2 atom stereocenters. The normalized spacial score (nSPS) is 17.6. The summed E-state index contributed by atoms with van der Waals surface area (Å²) in [7, 11) is -2.51. The van der Waals surface area contributed by atoms with Crippen molar-refractivity contribution < 1.29 is 23.1 Å². The lowest BCUT2D eigenvalue weighted by atomic mass is 10.1. The van der Waals surface area contributed by atoms with Gasteiger partial charge < -0.3 is 15.2 Å². The number of ether oxygens (including phenoxy) is 1. The highest BCUT2D eigenvalue weighted by Gasteiger charge is 2.33. The van der Waals surface area contributed by atoms with E-state index in [9.17, 15) is 18.3 Å². The van der Waals surface area contributed by atoms with Crippen molar-refractivity contribution in [2.24, 2.45) is 0 Å². The molecule has 0 radical (unpaired) electrons. The number of aliphatic hydroxyl groups is 1. The number of methoxy groups -OCH3 is 1. The number of fused-ring (bicyclic) bond motifs is 1. The van der Waals surface area contributed by atoms with Crippen molar-refractivity contribution in [3.05, 3.63) is 89.5 Å². The van der Waals surface area contributed by atoms with Gasteiger partial charge in [0.25, 0.3) is 15.9 Å². The molecule has 0 aliphatic heterocycles. The van der Waals surface area contributed by atoms with E-state index < -0.39 is 28.1 Å². The van der Waals surface area contributed by atoms with E-state index in [-0.39, 0.29) is 16.2 Å². The molecule has 0 bridgehead atoms. The van der Waals surface area contributed by atoms with Crippen LogP contribution in [0.2, 0.25) is 0 Å². The van der Waals surface area contributed by atoms with Crippen molar-refractivity contribution in [2.75, 3.05) is 11.8 Å². The first-order chi connectivity index (χ1) is 14.9. The van der Waals surface area contributed by atoms with Crippen LogP contribution in [0.5, 0.6) is 5.75 Å². The minimum Gasteiger partial charge on any atom is -0.496 e. The topological polar surface area (TPSA) is 105 Å². The molecule has 3 N–H and O–H groups in total. The zero-order chi connectivity index (χ0) is 22.0. The van der Waals surface area contributed by atoms with Crippen LogP contribution in [0, 0.1) is 0 Å². The fraction of sp³-hybridized carbons (Fsp3) is 0.174. The van der Waals surface area contributed by atoms with Gasteiger partial charge in [0.05, 0.1) is 29.7 Å². The van der Waals surface area contributed by atoms with Crippen molar-refractivity contribution in [3.63, 3.8) is 0 Å². The first kappa shape index (κ1) is 20.9. The maximum absolute atomic E-state index is 13.1. The Morgan fingerprint density at radius 2 is 1.74 bits per heavy atom. The fourth-order valence-corrected chi connectivity index (χ4v) is 4.80. The Hall–Kier alpha value is -3.36. The van der Waals surface area contributed by atoms with Crippen LogP contribution in [-0.4, -0.2) is 32.6 Å². The summed E-state index contributed by atoms with van der Waals surface area (Å²) in [5.74, 6) is -0.300. The Morgan fingerprint density at radius 3 is 2.48 bits per heavy atom. The van der Waals surface area contributed by atoms with Crippen LogP contribution < -0.4 is 14.8 Å². The van der Waals surface area contributed by atoms with Gasteiger partial charge in [0, 0.05) is 12.1 Å². The molecule has 4 rings (SSSR count). The maximum atomic E-state index is 13.1. The first-order valence-electron chi connectivity index (χ1n) is 9.71. The van der Waals surface area contributed by atoms with Crippen LogP contribution in [0.15, 0.2) is 77.7 Å². The summed E-state index contributed by atoms with van der Waals surface area (Å²) in [5.41, 5.74) is 2.29. The number of carbonyl (C=O) groups excluding carboxylic acids is 1. The number of nitrogens with one attached hydrogen (secondary N) is 2. The molecule has 3 aromatic rings. The summed E-state index contributed by atoms with van der Waals surface area (Å²) in [5, 5.41) is 13.2. The molecule has 7 nitrogen and oxygen atoms in total. The van der Waals surface area contributed by atoms with E-state index in [2.05, 4.69) is 10.0 Å². The van der Waals surface area contributed by atoms with E-state index in [4.69, 9.17) is 4.74 Å². The molecule has 1 aliphatic rings. The Kier molecular flexibility index (Phi) is 5.67. The van der Waals surface area contributed by atoms with E-state index in [0.717, 1.165) is 11.1 Å². The lowest BCUT2D eigenvalue weighted by Gasteiger charge is -2.19. The molecular formula is C23H22N2O5S. The maximum Gasteiger partial charge on any atom is 0.261 e. The highest BCUT2D eigenvalue weighted by Crippen LogP contribution is 2.32. The summed E-state index contributed by atoms with van der Waals surface area (Å²) in [6, 6.07) is 19.5. The van der Waals surface area contributed by atoms with Crippen molar-refractivity contribution in [1.29, 1.82) is 0 Å². The summed E-state index contributed by atoms with van der Waals surface area (Å²) in [6.07, 6.45) is -0.327. The Morgan fingerprint density at radius 1 is 1.03 bits per heavy atom. The molecular weight excluding hydrogens is 416 g/mol. The Bertz CT molecular complexity index is 1210. The second-order valence-electron chi connectivity index (χ2n) is 7.26. The molecule has 160 valence electrons. The number of rotatable bonds is 6. The molecule has 0 saturated heterocycles. The van der Waals surface area contributed by atoms with Gasteiger partial charge in [0.2, 0.25) is 0 Å². The number of hydrogen-bond donors (Lipinski definition) is 3. The van der Waals surface area contributed by atoms with Gasteiger partial charge in [0.15, 0.2) is 0 Å².